The molecule has 3 aromatic rings. The fraction of sp³-hybridized carbons (Fsp3) is 0.333. The number of nitrogens with one attached hydrogen (secondary N) is 1. The SMILES string of the molecule is CCN(C)c1cccc(NC(=O)C2CCCN(C(=O)c3ccc(OC)c4ccccc34)C2)c1. The third-order valence-electron chi connectivity index (χ3n) is 6.44. The molecule has 0 aliphatic carbocycles. The predicted molar refractivity (Wildman–Crippen MR) is 133 cm³/mol. The first-order valence-corrected chi connectivity index (χ1v) is 11.5. The van der Waals surface area contributed by atoms with Gasteiger partial charge in [-0.15, -0.1) is 0 Å². The summed E-state index contributed by atoms with van der Waals surface area (Å²) in [5.74, 6) is 0.426. The Balaban J connectivity index is 1.49. The highest BCUT2D eigenvalue weighted by molar-refractivity contribution is 6.08. The van der Waals surface area contributed by atoms with Crippen LogP contribution in [0.1, 0.15) is 30.1 Å². The molecule has 4 rings (SSSR count). The molecule has 0 saturated carbocycles. The van der Waals surface area contributed by atoms with E-state index in [1.807, 2.05) is 72.6 Å². The number of carbonyl (C=O) groups excluding carboxylic acids is 2. The number of benzene rings is 3. The normalized spacial score (nSPS) is 15.8. The van der Waals surface area contributed by atoms with Crippen molar-refractivity contribution in [1.29, 1.82) is 0 Å². The van der Waals surface area contributed by atoms with Gasteiger partial charge in [-0.25, -0.2) is 0 Å². The molecule has 33 heavy (non-hydrogen) atoms. The fourth-order valence-corrected chi connectivity index (χ4v) is 4.43. The van der Waals surface area contributed by atoms with Crippen molar-refractivity contribution in [2.75, 3.05) is 44.0 Å². The van der Waals surface area contributed by atoms with Crippen molar-refractivity contribution in [3.63, 3.8) is 0 Å². The van der Waals surface area contributed by atoms with E-state index in [9.17, 15) is 9.59 Å². The summed E-state index contributed by atoms with van der Waals surface area (Å²) < 4.78 is 5.46. The molecule has 0 radical (unpaired) electrons. The Hall–Kier alpha value is -3.54. The van der Waals surface area contributed by atoms with E-state index in [-0.39, 0.29) is 17.7 Å². The molecule has 1 saturated heterocycles. The van der Waals surface area contributed by atoms with Crippen LogP contribution in [0.3, 0.4) is 0 Å². The lowest BCUT2D eigenvalue weighted by Crippen LogP contribution is -2.43. The predicted octanol–water partition coefficient (Wildman–Crippen LogP) is 4.80. The van der Waals surface area contributed by atoms with Gasteiger partial charge in [-0.2, -0.15) is 0 Å². The molecule has 172 valence electrons. The maximum absolute atomic E-state index is 13.4. The summed E-state index contributed by atoms with van der Waals surface area (Å²) in [7, 11) is 3.65. The third-order valence-corrected chi connectivity index (χ3v) is 6.44. The van der Waals surface area contributed by atoms with Crippen LogP contribution in [0.15, 0.2) is 60.7 Å². The number of piperidine rings is 1. The highest BCUT2D eigenvalue weighted by atomic mass is 16.5. The Morgan fingerprint density at radius 1 is 1.09 bits per heavy atom. The summed E-state index contributed by atoms with van der Waals surface area (Å²) in [5.41, 5.74) is 2.48. The molecule has 0 bridgehead atoms. The van der Waals surface area contributed by atoms with Crippen LogP contribution >= 0.6 is 0 Å². The van der Waals surface area contributed by atoms with E-state index in [0.29, 0.717) is 18.7 Å². The molecule has 1 heterocycles. The molecule has 1 unspecified atom stereocenters. The Kier molecular flexibility index (Phi) is 6.82. The first-order chi connectivity index (χ1) is 16.0. The molecule has 1 atom stereocenters. The van der Waals surface area contributed by atoms with Crippen LogP contribution < -0.4 is 15.0 Å². The lowest BCUT2D eigenvalue weighted by molar-refractivity contribution is -0.121. The van der Waals surface area contributed by atoms with Crippen LogP contribution in [-0.4, -0.2) is 50.5 Å². The van der Waals surface area contributed by atoms with Crippen molar-refractivity contribution in [3.05, 3.63) is 66.2 Å². The van der Waals surface area contributed by atoms with Gasteiger partial charge in [-0.3, -0.25) is 9.59 Å². The van der Waals surface area contributed by atoms with Gasteiger partial charge in [0.2, 0.25) is 5.91 Å². The van der Waals surface area contributed by atoms with Crippen molar-refractivity contribution in [2.24, 2.45) is 5.92 Å². The number of hydrogen-bond acceptors (Lipinski definition) is 4. The molecule has 1 aliphatic heterocycles. The van der Waals surface area contributed by atoms with Gasteiger partial charge in [0.1, 0.15) is 5.75 Å². The summed E-state index contributed by atoms with van der Waals surface area (Å²) in [4.78, 5) is 30.4. The van der Waals surface area contributed by atoms with Gasteiger partial charge in [-0.1, -0.05) is 30.3 Å². The second kappa shape index (κ2) is 9.94. The summed E-state index contributed by atoms with van der Waals surface area (Å²) in [6.07, 6.45) is 1.57. The van der Waals surface area contributed by atoms with E-state index >= 15 is 0 Å². The van der Waals surface area contributed by atoms with Crippen molar-refractivity contribution in [3.8, 4) is 5.75 Å². The molecule has 6 nitrogen and oxygen atoms in total. The maximum atomic E-state index is 13.4. The highest BCUT2D eigenvalue weighted by Gasteiger charge is 2.30. The molecule has 0 spiro atoms. The molecule has 1 aliphatic rings. The van der Waals surface area contributed by atoms with E-state index < -0.39 is 0 Å². The quantitative estimate of drug-likeness (QED) is 0.592. The first kappa shape index (κ1) is 22.6. The molecule has 0 aromatic heterocycles. The zero-order chi connectivity index (χ0) is 23.4. The number of likely N-dealkylation sites (tertiary alicyclic amines) is 1. The second-order valence-electron chi connectivity index (χ2n) is 8.51. The van der Waals surface area contributed by atoms with Gasteiger partial charge >= 0.3 is 0 Å². The van der Waals surface area contributed by atoms with Crippen LogP contribution in [0, 0.1) is 5.92 Å². The van der Waals surface area contributed by atoms with E-state index in [2.05, 4.69) is 17.1 Å². The Morgan fingerprint density at radius 2 is 1.88 bits per heavy atom. The van der Waals surface area contributed by atoms with Crippen LogP contribution in [0.4, 0.5) is 11.4 Å². The lowest BCUT2D eigenvalue weighted by atomic mass is 9.95. The number of fused-ring (bicyclic) bond motifs is 1. The molecule has 1 N–H and O–H groups in total. The van der Waals surface area contributed by atoms with Crippen molar-refractivity contribution < 1.29 is 14.3 Å². The molecule has 2 amide bonds. The fourth-order valence-electron chi connectivity index (χ4n) is 4.43. The molecule has 6 heteroatoms. The van der Waals surface area contributed by atoms with Crippen molar-refractivity contribution >= 4 is 34.0 Å². The van der Waals surface area contributed by atoms with Gasteiger partial charge in [-0.05, 0) is 55.5 Å². The number of nitrogens with zero attached hydrogens (tertiary/aromatic N) is 2. The Bertz CT molecular complexity index is 1160. The smallest absolute Gasteiger partial charge is 0.254 e. The third kappa shape index (κ3) is 4.80. The number of amides is 2. The van der Waals surface area contributed by atoms with Crippen LogP contribution in [-0.2, 0) is 4.79 Å². The number of carbonyl (C=O) groups is 2. The monoisotopic (exact) mass is 445 g/mol. The van der Waals surface area contributed by atoms with E-state index in [1.165, 1.54) is 0 Å². The average molecular weight is 446 g/mol. The zero-order valence-corrected chi connectivity index (χ0v) is 19.5. The van der Waals surface area contributed by atoms with E-state index in [0.717, 1.165) is 47.3 Å². The summed E-state index contributed by atoms with van der Waals surface area (Å²) in [6, 6.07) is 19.3. The summed E-state index contributed by atoms with van der Waals surface area (Å²) >= 11 is 0. The lowest BCUT2D eigenvalue weighted by Gasteiger charge is -2.32. The largest absolute Gasteiger partial charge is 0.496 e. The topological polar surface area (TPSA) is 61.9 Å². The number of anilines is 2. The van der Waals surface area contributed by atoms with Crippen molar-refractivity contribution in [2.45, 2.75) is 19.8 Å². The number of hydrogen-bond donors (Lipinski definition) is 1. The number of methoxy groups -OCH3 is 1. The Morgan fingerprint density at radius 3 is 2.64 bits per heavy atom. The molecular formula is C27H31N3O3. The standard InChI is InChI=1S/C27H31N3O3/c1-4-29(2)21-11-7-10-20(17-21)28-26(31)19-9-8-16-30(18-19)27(32)24-14-15-25(33-3)23-13-6-5-12-22(23)24/h5-7,10-15,17,19H,4,8-9,16,18H2,1-3H3,(H,28,31). The summed E-state index contributed by atoms with van der Waals surface area (Å²) in [6.45, 7) is 4.04. The average Bonchev–Trinajstić information content (AvgIpc) is 2.87. The molecular weight excluding hydrogens is 414 g/mol. The van der Waals surface area contributed by atoms with Gasteiger partial charge in [0.25, 0.3) is 5.91 Å². The number of ether oxygens (including phenoxy) is 1. The minimum absolute atomic E-state index is 0.0385. The number of rotatable bonds is 6. The highest BCUT2D eigenvalue weighted by Crippen LogP contribution is 2.30. The molecule has 3 aromatic carbocycles. The summed E-state index contributed by atoms with van der Waals surface area (Å²) in [5, 5.41) is 4.83. The minimum Gasteiger partial charge on any atom is -0.496 e. The Labute approximate surface area is 195 Å². The van der Waals surface area contributed by atoms with E-state index in [4.69, 9.17) is 4.74 Å². The van der Waals surface area contributed by atoms with Gasteiger partial charge in [0.05, 0.1) is 13.0 Å². The zero-order valence-electron chi connectivity index (χ0n) is 19.5. The maximum Gasteiger partial charge on any atom is 0.254 e. The van der Waals surface area contributed by atoms with E-state index in [1.54, 1.807) is 7.11 Å². The van der Waals surface area contributed by atoms with Crippen LogP contribution in [0.2, 0.25) is 0 Å². The first-order valence-electron chi connectivity index (χ1n) is 11.5. The van der Waals surface area contributed by atoms with Crippen LogP contribution in [0.5, 0.6) is 5.75 Å². The van der Waals surface area contributed by atoms with Gasteiger partial charge in [0.15, 0.2) is 0 Å². The van der Waals surface area contributed by atoms with Gasteiger partial charge < -0.3 is 19.9 Å². The van der Waals surface area contributed by atoms with Crippen LogP contribution in [0.25, 0.3) is 10.8 Å². The van der Waals surface area contributed by atoms with Gasteiger partial charge in [0, 0.05) is 49.0 Å². The van der Waals surface area contributed by atoms with Crippen molar-refractivity contribution in [1.82, 2.24) is 4.90 Å². The molecule has 1 fully saturated rings. The minimum atomic E-state index is -0.236. The second-order valence-corrected chi connectivity index (χ2v) is 8.51.